The van der Waals surface area contributed by atoms with E-state index in [1.165, 1.54) is 12.1 Å². The Morgan fingerprint density at radius 3 is 2.56 bits per heavy atom. The minimum absolute atomic E-state index is 0.00177. The Morgan fingerprint density at radius 2 is 1.85 bits per heavy atom. The highest BCUT2D eigenvalue weighted by atomic mass is 19.1. The summed E-state index contributed by atoms with van der Waals surface area (Å²) in [6.45, 7) is 0. The van der Waals surface area contributed by atoms with Crippen molar-refractivity contribution >= 4 is 22.4 Å². The molecule has 0 radical (unpaired) electrons. The van der Waals surface area contributed by atoms with Gasteiger partial charge in [-0.2, -0.15) is 0 Å². The van der Waals surface area contributed by atoms with Crippen LogP contribution >= 0.6 is 0 Å². The van der Waals surface area contributed by atoms with Gasteiger partial charge in [0.1, 0.15) is 11.6 Å². The first-order chi connectivity index (χ1) is 13.1. The number of nitrogen functional groups attached to an aromatic ring is 1. The highest BCUT2D eigenvalue weighted by Gasteiger charge is 2.14. The second-order valence-electron chi connectivity index (χ2n) is 6.15. The Morgan fingerprint density at radius 1 is 1.07 bits per heavy atom. The SMILES string of the molecule is CNc1cc2c(cn1)cc(-c1ccc(F)c(N)c1)c(=O)n2-c1ccccc1. The third kappa shape index (κ3) is 2.91. The van der Waals surface area contributed by atoms with Gasteiger partial charge in [0.2, 0.25) is 0 Å². The first-order valence-corrected chi connectivity index (χ1v) is 8.43. The minimum Gasteiger partial charge on any atom is -0.396 e. The summed E-state index contributed by atoms with van der Waals surface area (Å²) in [5.41, 5.74) is 7.94. The molecule has 134 valence electrons. The molecule has 0 aliphatic heterocycles. The monoisotopic (exact) mass is 360 g/mol. The lowest BCUT2D eigenvalue weighted by Gasteiger charge is -2.14. The van der Waals surface area contributed by atoms with Gasteiger partial charge in [0.05, 0.1) is 11.2 Å². The summed E-state index contributed by atoms with van der Waals surface area (Å²) in [6, 6.07) is 17.2. The van der Waals surface area contributed by atoms with Gasteiger partial charge in [-0.3, -0.25) is 9.36 Å². The van der Waals surface area contributed by atoms with E-state index in [0.29, 0.717) is 16.9 Å². The maximum absolute atomic E-state index is 13.6. The van der Waals surface area contributed by atoms with Gasteiger partial charge in [-0.1, -0.05) is 24.3 Å². The number of nitrogens with two attached hydrogens (primary N) is 1. The number of anilines is 2. The summed E-state index contributed by atoms with van der Waals surface area (Å²) < 4.78 is 15.2. The molecule has 0 saturated heterocycles. The Kier molecular flexibility index (Phi) is 4.08. The zero-order valence-electron chi connectivity index (χ0n) is 14.6. The van der Waals surface area contributed by atoms with Gasteiger partial charge in [-0.05, 0) is 35.9 Å². The molecule has 0 aliphatic rings. The quantitative estimate of drug-likeness (QED) is 0.545. The zero-order chi connectivity index (χ0) is 19.0. The Hall–Kier alpha value is -3.67. The van der Waals surface area contributed by atoms with Crippen molar-refractivity contribution in [3.8, 4) is 16.8 Å². The molecule has 6 heteroatoms. The molecule has 2 aromatic heterocycles. The predicted octanol–water partition coefficient (Wildman–Crippen LogP) is 3.82. The molecule has 0 bridgehead atoms. The van der Waals surface area contributed by atoms with E-state index in [-0.39, 0.29) is 11.2 Å². The number of hydrogen-bond acceptors (Lipinski definition) is 4. The first kappa shape index (κ1) is 16.8. The van der Waals surface area contributed by atoms with Crippen molar-refractivity contribution in [1.29, 1.82) is 0 Å². The van der Waals surface area contributed by atoms with E-state index in [1.54, 1.807) is 29.9 Å². The average molecular weight is 360 g/mol. The summed E-state index contributed by atoms with van der Waals surface area (Å²) in [4.78, 5) is 17.7. The molecular weight excluding hydrogens is 343 g/mol. The lowest BCUT2D eigenvalue weighted by molar-refractivity contribution is 0.632. The molecule has 0 aliphatic carbocycles. The van der Waals surface area contributed by atoms with Crippen LogP contribution in [0.3, 0.4) is 0 Å². The molecule has 27 heavy (non-hydrogen) atoms. The standard InChI is InChI=1S/C21H17FN4O/c1-24-20-11-19-14(12-25-20)9-16(13-7-8-17(22)18(23)10-13)21(27)26(19)15-5-3-2-4-6-15/h2-12H,23H2,1H3,(H,24,25). The second kappa shape index (κ2) is 6.57. The van der Waals surface area contributed by atoms with E-state index >= 15 is 0 Å². The predicted molar refractivity (Wildman–Crippen MR) is 107 cm³/mol. The van der Waals surface area contributed by atoms with Gasteiger partial charge in [-0.25, -0.2) is 9.37 Å². The van der Waals surface area contributed by atoms with Gasteiger partial charge < -0.3 is 11.1 Å². The summed E-state index contributed by atoms with van der Waals surface area (Å²) in [7, 11) is 1.77. The highest BCUT2D eigenvalue weighted by molar-refractivity contribution is 5.87. The fourth-order valence-corrected chi connectivity index (χ4v) is 3.10. The van der Waals surface area contributed by atoms with Crippen molar-refractivity contribution in [1.82, 2.24) is 9.55 Å². The van der Waals surface area contributed by atoms with Crippen LogP contribution in [-0.2, 0) is 0 Å². The summed E-state index contributed by atoms with van der Waals surface area (Å²) in [5, 5.41) is 3.78. The van der Waals surface area contributed by atoms with Crippen molar-refractivity contribution < 1.29 is 4.39 Å². The lowest BCUT2D eigenvalue weighted by atomic mass is 10.0. The van der Waals surface area contributed by atoms with Crippen LogP contribution in [0, 0.1) is 5.82 Å². The van der Waals surface area contributed by atoms with Crippen LogP contribution in [0.25, 0.3) is 27.7 Å². The fraction of sp³-hybridized carbons (Fsp3) is 0.0476. The number of pyridine rings is 2. The molecule has 0 amide bonds. The van der Waals surface area contributed by atoms with E-state index < -0.39 is 5.82 Å². The number of hydrogen-bond donors (Lipinski definition) is 2. The molecule has 2 heterocycles. The topological polar surface area (TPSA) is 72.9 Å². The van der Waals surface area contributed by atoms with E-state index in [1.807, 2.05) is 36.4 Å². The number of nitrogens with one attached hydrogen (secondary N) is 1. The number of para-hydroxylation sites is 1. The molecule has 5 nitrogen and oxygen atoms in total. The Balaban J connectivity index is 2.09. The number of halogens is 1. The van der Waals surface area contributed by atoms with E-state index in [4.69, 9.17) is 5.73 Å². The first-order valence-electron chi connectivity index (χ1n) is 8.43. The largest absolute Gasteiger partial charge is 0.396 e. The smallest absolute Gasteiger partial charge is 0.263 e. The zero-order valence-corrected chi connectivity index (χ0v) is 14.6. The number of nitrogens with zero attached hydrogens (tertiary/aromatic N) is 2. The van der Waals surface area contributed by atoms with Gasteiger partial charge in [0, 0.05) is 35.9 Å². The summed E-state index contributed by atoms with van der Waals surface area (Å²) >= 11 is 0. The number of rotatable bonds is 3. The maximum atomic E-state index is 13.6. The van der Waals surface area contributed by atoms with Crippen molar-refractivity contribution in [3.63, 3.8) is 0 Å². The van der Waals surface area contributed by atoms with Gasteiger partial charge in [0.15, 0.2) is 0 Å². The molecule has 4 rings (SSSR count). The molecule has 4 aromatic rings. The minimum atomic E-state index is -0.511. The maximum Gasteiger partial charge on any atom is 0.263 e. The van der Waals surface area contributed by atoms with Gasteiger partial charge >= 0.3 is 0 Å². The molecular formula is C21H17FN4O. The van der Waals surface area contributed by atoms with Crippen LogP contribution in [0.4, 0.5) is 15.9 Å². The van der Waals surface area contributed by atoms with Crippen molar-refractivity contribution in [2.75, 3.05) is 18.1 Å². The fourth-order valence-electron chi connectivity index (χ4n) is 3.10. The molecule has 0 atom stereocenters. The Labute approximate surface area is 154 Å². The second-order valence-corrected chi connectivity index (χ2v) is 6.15. The number of fused-ring (bicyclic) bond motifs is 1. The summed E-state index contributed by atoms with van der Waals surface area (Å²) in [6.07, 6.45) is 1.70. The molecule has 0 saturated carbocycles. The Bertz CT molecular complexity index is 1200. The molecule has 0 unspecified atom stereocenters. The van der Waals surface area contributed by atoms with Gasteiger partial charge in [-0.15, -0.1) is 0 Å². The van der Waals surface area contributed by atoms with Crippen LogP contribution in [-0.4, -0.2) is 16.6 Å². The van der Waals surface area contributed by atoms with Crippen molar-refractivity contribution in [3.05, 3.63) is 83.0 Å². The third-order valence-corrected chi connectivity index (χ3v) is 4.46. The highest BCUT2D eigenvalue weighted by Crippen LogP contribution is 2.26. The molecule has 2 aromatic carbocycles. The molecule has 3 N–H and O–H groups in total. The van der Waals surface area contributed by atoms with E-state index in [9.17, 15) is 9.18 Å². The number of benzene rings is 2. The average Bonchev–Trinajstić information content (AvgIpc) is 2.70. The molecule has 0 fully saturated rings. The lowest BCUT2D eigenvalue weighted by Crippen LogP contribution is -2.21. The van der Waals surface area contributed by atoms with Crippen molar-refractivity contribution in [2.24, 2.45) is 0 Å². The van der Waals surface area contributed by atoms with Gasteiger partial charge in [0.25, 0.3) is 5.56 Å². The van der Waals surface area contributed by atoms with Crippen LogP contribution in [0.5, 0.6) is 0 Å². The third-order valence-electron chi connectivity index (χ3n) is 4.46. The van der Waals surface area contributed by atoms with Crippen LogP contribution in [0.1, 0.15) is 0 Å². The van der Waals surface area contributed by atoms with E-state index in [0.717, 1.165) is 16.6 Å². The number of aromatic nitrogens is 2. The molecule has 0 spiro atoms. The normalized spacial score (nSPS) is 10.9. The van der Waals surface area contributed by atoms with Crippen LogP contribution in [0.15, 0.2) is 71.7 Å². The summed E-state index contributed by atoms with van der Waals surface area (Å²) in [5.74, 6) is 0.147. The van der Waals surface area contributed by atoms with E-state index in [2.05, 4.69) is 10.3 Å². The van der Waals surface area contributed by atoms with Crippen LogP contribution < -0.4 is 16.6 Å². The van der Waals surface area contributed by atoms with Crippen LogP contribution in [0.2, 0.25) is 0 Å². The van der Waals surface area contributed by atoms with Crippen molar-refractivity contribution in [2.45, 2.75) is 0 Å².